The quantitative estimate of drug-likeness (QED) is 0.439. The summed E-state index contributed by atoms with van der Waals surface area (Å²) in [6, 6.07) is 7.06. The zero-order valence-electron chi connectivity index (χ0n) is 13.9. The lowest BCUT2D eigenvalue weighted by molar-refractivity contribution is 0.252. The molecule has 0 amide bonds. The number of guanidine groups is 1. The second kappa shape index (κ2) is 9.35. The topological polar surface area (TPSA) is 53.6 Å². The second-order valence-corrected chi connectivity index (χ2v) is 6.19. The van der Waals surface area contributed by atoms with Crippen LogP contribution in [0.25, 0.3) is 0 Å². The molecule has 1 aliphatic carbocycles. The van der Waals surface area contributed by atoms with Gasteiger partial charge in [-0.25, -0.2) is 0 Å². The molecule has 0 saturated heterocycles. The largest absolute Gasteiger partial charge is 0.370 e. The van der Waals surface area contributed by atoms with Crippen molar-refractivity contribution in [2.24, 2.45) is 10.7 Å². The van der Waals surface area contributed by atoms with E-state index in [1.54, 1.807) is 0 Å². The van der Waals surface area contributed by atoms with Crippen LogP contribution in [0, 0.1) is 13.8 Å². The van der Waals surface area contributed by atoms with Gasteiger partial charge in [0.15, 0.2) is 5.96 Å². The molecule has 0 atom stereocenters. The minimum Gasteiger partial charge on any atom is -0.370 e. The molecule has 22 heavy (non-hydrogen) atoms. The van der Waals surface area contributed by atoms with Gasteiger partial charge < -0.3 is 16.0 Å². The Hall–Kier alpha value is -0.820. The van der Waals surface area contributed by atoms with Crippen LogP contribution in [0.2, 0.25) is 0 Å². The molecule has 3 N–H and O–H groups in total. The maximum atomic E-state index is 5.97. The van der Waals surface area contributed by atoms with Gasteiger partial charge in [0, 0.05) is 18.3 Å². The minimum absolute atomic E-state index is 0. The van der Waals surface area contributed by atoms with Gasteiger partial charge in [-0.3, -0.25) is 4.99 Å². The van der Waals surface area contributed by atoms with Crippen LogP contribution in [0.3, 0.4) is 0 Å². The Labute approximate surface area is 151 Å². The average Bonchev–Trinajstić information content (AvgIpc) is 2.90. The summed E-state index contributed by atoms with van der Waals surface area (Å²) in [5, 5.41) is 3.18. The molecule has 1 aromatic rings. The number of nitrogens with one attached hydrogen (secondary N) is 1. The van der Waals surface area contributed by atoms with Crippen molar-refractivity contribution in [2.75, 3.05) is 25.5 Å². The summed E-state index contributed by atoms with van der Waals surface area (Å²) in [4.78, 5) is 6.85. The van der Waals surface area contributed by atoms with E-state index in [-0.39, 0.29) is 24.0 Å². The summed E-state index contributed by atoms with van der Waals surface area (Å²) in [6.07, 6.45) is 5.40. The van der Waals surface area contributed by atoms with Gasteiger partial charge in [-0.05, 0) is 57.0 Å². The monoisotopic (exact) mass is 416 g/mol. The van der Waals surface area contributed by atoms with Gasteiger partial charge in [0.05, 0.1) is 6.54 Å². The van der Waals surface area contributed by atoms with E-state index in [0.717, 1.165) is 24.8 Å². The fourth-order valence-electron chi connectivity index (χ4n) is 3.09. The van der Waals surface area contributed by atoms with E-state index >= 15 is 0 Å². The number of aryl methyl sites for hydroxylation is 2. The van der Waals surface area contributed by atoms with Crippen molar-refractivity contribution < 1.29 is 0 Å². The van der Waals surface area contributed by atoms with E-state index < -0.39 is 0 Å². The Bertz CT molecular complexity index is 475. The van der Waals surface area contributed by atoms with Crippen LogP contribution in [0.5, 0.6) is 0 Å². The number of benzene rings is 1. The standard InChI is InChI=1S/C17H28N4.HI/c1-13-10-14(2)12-15(11-13)20-17(18)19-8-9-21(3)16-6-4-5-7-16;/h10-12,16H,4-9H2,1-3H3,(H3,18,19,20);1H. The summed E-state index contributed by atoms with van der Waals surface area (Å²) in [5.74, 6) is 0.500. The molecule has 0 radical (unpaired) electrons. The summed E-state index contributed by atoms with van der Waals surface area (Å²) in [5.41, 5.74) is 9.43. The zero-order chi connectivity index (χ0) is 15.2. The zero-order valence-corrected chi connectivity index (χ0v) is 16.3. The average molecular weight is 416 g/mol. The number of rotatable bonds is 5. The lowest BCUT2D eigenvalue weighted by Crippen LogP contribution is -2.32. The lowest BCUT2D eigenvalue weighted by Gasteiger charge is -2.22. The second-order valence-electron chi connectivity index (χ2n) is 6.19. The third kappa shape index (κ3) is 6.12. The molecule has 1 aliphatic rings. The Morgan fingerprint density at radius 1 is 1.23 bits per heavy atom. The third-order valence-corrected chi connectivity index (χ3v) is 4.18. The van der Waals surface area contributed by atoms with E-state index in [9.17, 15) is 0 Å². The fourth-order valence-corrected chi connectivity index (χ4v) is 3.09. The van der Waals surface area contributed by atoms with Crippen molar-refractivity contribution in [3.63, 3.8) is 0 Å². The number of likely N-dealkylation sites (N-methyl/N-ethyl adjacent to an activating group) is 1. The molecule has 1 fully saturated rings. The normalized spacial score (nSPS) is 15.9. The predicted octanol–water partition coefficient (Wildman–Crippen LogP) is 3.52. The lowest BCUT2D eigenvalue weighted by atomic mass is 10.1. The first-order valence-corrected chi connectivity index (χ1v) is 7.90. The molecule has 124 valence electrons. The van der Waals surface area contributed by atoms with E-state index in [4.69, 9.17) is 5.73 Å². The molecule has 2 rings (SSSR count). The molecular weight excluding hydrogens is 387 g/mol. The van der Waals surface area contributed by atoms with Crippen LogP contribution in [-0.4, -0.2) is 37.0 Å². The molecule has 0 heterocycles. The molecule has 1 aromatic carbocycles. The van der Waals surface area contributed by atoms with E-state index in [2.05, 4.69) is 54.3 Å². The van der Waals surface area contributed by atoms with Crippen LogP contribution in [0.1, 0.15) is 36.8 Å². The molecule has 4 nitrogen and oxygen atoms in total. The van der Waals surface area contributed by atoms with Gasteiger partial charge >= 0.3 is 0 Å². The number of aliphatic imine (C=N–C) groups is 1. The first kappa shape index (κ1) is 19.2. The number of nitrogens with two attached hydrogens (primary N) is 1. The van der Waals surface area contributed by atoms with Crippen LogP contribution >= 0.6 is 24.0 Å². The fraction of sp³-hybridized carbons (Fsp3) is 0.588. The first-order chi connectivity index (χ1) is 10.0. The van der Waals surface area contributed by atoms with Gasteiger partial charge in [-0.1, -0.05) is 18.9 Å². The molecule has 1 saturated carbocycles. The van der Waals surface area contributed by atoms with Gasteiger partial charge in [0.1, 0.15) is 0 Å². The van der Waals surface area contributed by atoms with Crippen molar-refractivity contribution in [1.29, 1.82) is 0 Å². The van der Waals surface area contributed by atoms with E-state index in [1.807, 2.05) is 0 Å². The van der Waals surface area contributed by atoms with Crippen LogP contribution in [-0.2, 0) is 0 Å². The van der Waals surface area contributed by atoms with Crippen molar-refractivity contribution in [1.82, 2.24) is 4.90 Å². The molecular formula is C17H29IN4. The van der Waals surface area contributed by atoms with Gasteiger partial charge in [0.25, 0.3) is 0 Å². The Morgan fingerprint density at radius 2 is 1.82 bits per heavy atom. The minimum atomic E-state index is 0. The van der Waals surface area contributed by atoms with Gasteiger partial charge in [-0.15, -0.1) is 24.0 Å². The Morgan fingerprint density at radius 3 is 2.41 bits per heavy atom. The summed E-state index contributed by atoms with van der Waals surface area (Å²) < 4.78 is 0. The molecule has 5 heteroatoms. The highest BCUT2D eigenvalue weighted by atomic mass is 127. The van der Waals surface area contributed by atoms with E-state index in [0.29, 0.717) is 5.96 Å². The predicted molar refractivity (Wildman–Crippen MR) is 106 cm³/mol. The molecule has 0 unspecified atom stereocenters. The smallest absolute Gasteiger partial charge is 0.193 e. The summed E-state index contributed by atoms with van der Waals surface area (Å²) >= 11 is 0. The third-order valence-electron chi connectivity index (χ3n) is 4.18. The maximum absolute atomic E-state index is 5.97. The van der Waals surface area contributed by atoms with Crippen LogP contribution in [0.15, 0.2) is 23.2 Å². The molecule has 0 spiro atoms. The highest BCUT2D eigenvalue weighted by Gasteiger charge is 2.18. The maximum Gasteiger partial charge on any atom is 0.193 e. The van der Waals surface area contributed by atoms with E-state index in [1.165, 1.54) is 36.8 Å². The van der Waals surface area contributed by atoms with Gasteiger partial charge in [-0.2, -0.15) is 0 Å². The summed E-state index contributed by atoms with van der Waals surface area (Å²) in [7, 11) is 2.19. The van der Waals surface area contributed by atoms with Gasteiger partial charge in [0.2, 0.25) is 0 Å². The number of hydrogen-bond acceptors (Lipinski definition) is 2. The van der Waals surface area contributed by atoms with Crippen molar-refractivity contribution >= 4 is 35.6 Å². The number of halogens is 1. The van der Waals surface area contributed by atoms with Crippen molar-refractivity contribution in [3.8, 4) is 0 Å². The van der Waals surface area contributed by atoms with Crippen molar-refractivity contribution in [2.45, 2.75) is 45.6 Å². The highest BCUT2D eigenvalue weighted by Crippen LogP contribution is 2.21. The highest BCUT2D eigenvalue weighted by molar-refractivity contribution is 14.0. The Balaban J connectivity index is 0.00000242. The number of nitrogens with zero attached hydrogens (tertiary/aromatic N) is 2. The number of hydrogen-bond donors (Lipinski definition) is 2. The van der Waals surface area contributed by atoms with Crippen LogP contribution < -0.4 is 11.1 Å². The molecule has 0 aliphatic heterocycles. The van der Waals surface area contributed by atoms with Crippen molar-refractivity contribution in [3.05, 3.63) is 29.3 Å². The summed E-state index contributed by atoms with van der Waals surface area (Å²) in [6.45, 7) is 5.89. The molecule has 0 aromatic heterocycles. The number of anilines is 1. The first-order valence-electron chi connectivity index (χ1n) is 7.90. The SMILES string of the molecule is Cc1cc(C)cc(NC(N)=NCCN(C)C2CCCC2)c1.I. The van der Waals surface area contributed by atoms with Crippen LogP contribution in [0.4, 0.5) is 5.69 Å². The Kier molecular flexibility index (Phi) is 8.17. The molecule has 0 bridgehead atoms.